The fourth-order valence-electron chi connectivity index (χ4n) is 2.02. The lowest BCUT2D eigenvalue weighted by molar-refractivity contribution is -0.137. The smallest absolute Gasteiger partial charge is 0.416 e. The van der Waals surface area contributed by atoms with E-state index in [-0.39, 0.29) is 5.56 Å². The Bertz CT molecular complexity index is 683. The molecule has 1 heterocycles. The number of furan rings is 1. The van der Waals surface area contributed by atoms with Crippen molar-refractivity contribution in [2.45, 2.75) is 19.6 Å². The molecule has 0 saturated heterocycles. The Morgan fingerprint density at radius 1 is 1.24 bits per heavy atom. The van der Waals surface area contributed by atoms with Gasteiger partial charge >= 0.3 is 6.18 Å². The first-order valence-electron chi connectivity index (χ1n) is 6.19. The molecule has 6 heteroatoms. The molecule has 0 N–H and O–H groups in total. The van der Waals surface area contributed by atoms with Crippen molar-refractivity contribution >= 4 is 5.69 Å². The monoisotopic (exact) mass is 294 g/mol. The minimum absolute atomic E-state index is 0.0180. The highest BCUT2D eigenvalue weighted by atomic mass is 19.4. The van der Waals surface area contributed by atoms with E-state index in [0.717, 1.165) is 17.9 Å². The van der Waals surface area contributed by atoms with Crippen molar-refractivity contribution in [3.63, 3.8) is 0 Å². The molecule has 0 atom stereocenters. The van der Waals surface area contributed by atoms with Crippen molar-refractivity contribution < 1.29 is 17.6 Å². The summed E-state index contributed by atoms with van der Waals surface area (Å²) in [6.07, 6.45) is -4.46. The van der Waals surface area contributed by atoms with Crippen LogP contribution in [0.1, 0.15) is 22.6 Å². The molecule has 0 aliphatic rings. The summed E-state index contributed by atoms with van der Waals surface area (Å²) in [6.45, 7) is 2.18. The Balaban J connectivity index is 2.29. The van der Waals surface area contributed by atoms with Crippen LogP contribution in [-0.2, 0) is 12.7 Å². The maximum absolute atomic E-state index is 12.6. The fraction of sp³-hybridized carbons (Fsp3) is 0.267. The normalized spacial score (nSPS) is 11.2. The van der Waals surface area contributed by atoms with Crippen molar-refractivity contribution in [1.82, 2.24) is 0 Å². The number of alkyl halides is 3. The van der Waals surface area contributed by atoms with E-state index >= 15 is 0 Å². The van der Waals surface area contributed by atoms with Crippen LogP contribution in [0, 0.1) is 18.3 Å². The van der Waals surface area contributed by atoms with Crippen LogP contribution in [0.4, 0.5) is 18.9 Å². The van der Waals surface area contributed by atoms with Gasteiger partial charge in [-0.1, -0.05) is 0 Å². The highest BCUT2D eigenvalue weighted by molar-refractivity contribution is 5.60. The molecule has 1 aromatic carbocycles. The Labute approximate surface area is 120 Å². The molecule has 0 bridgehead atoms. The second kappa shape index (κ2) is 5.52. The molecule has 0 aliphatic heterocycles. The van der Waals surface area contributed by atoms with E-state index in [1.165, 1.54) is 6.07 Å². The second-order valence-electron chi connectivity index (χ2n) is 4.71. The van der Waals surface area contributed by atoms with E-state index in [4.69, 9.17) is 9.68 Å². The zero-order valence-corrected chi connectivity index (χ0v) is 11.5. The first-order chi connectivity index (χ1) is 9.81. The van der Waals surface area contributed by atoms with E-state index in [1.807, 2.05) is 13.0 Å². The molecule has 1 aromatic heterocycles. The van der Waals surface area contributed by atoms with Crippen LogP contribution in [0.5, 0.6) is 0 Å². The van der Waals surface area contributed by atoms with Gasteiger partial charge in [0.05, 0.1) is 23.4 Å². The molecule has 0 radical (unpaired) electrons. The lowest BCUT2D eigenvalue weighted by atomic mass is 10.1. The van der Waals surface area contributed by atoms with Gasteiger partial charge in [0.2, 0.25) is 0 Å². The van der Waals surface area contributed by atoms with E-state index in [2.05, 4.69) is 0 Å². The van der Waals surface area contributed by atoms with Crippen LogP contribution in [0.2, 0.25) is 0 Å². The van der Waals surface area contributed by atoms with E-state index in [0.29, 0.717) is 18.0 Å². The van der Waals surface area contributed by atoms with Crippen molar-refractivity contribution in [2.24, 2.45) is 0 Å². The van der Waals surface area contributed by atoms with Crippen LogP contribution >= 0.6 is 0 Å². The summed E-state index contributed by atoms with van der Waals surface area (Å²) in [7, 11) is 1.70. The number of hydrogen-bond acceptors (Lipinski definition) is 3. The number of benzene rings is 1. The standard InChI is InChI=1S/C15H13F3N2O/c1-10-3-5-13(21-10)9-20(2)14-6-4-12(15(16,17)18)7-11(14)8-19/h3-7H,9H2,1-2H3. The largest absolute Gasteiger partial charge is 0.464 e. The summed E-state index contributed by atoms with van der Waals surface area (Å²) in [5.74, 6) is 1.44. The lowest BCUT2D eigenvalue weighted by Gasteiger charge is -2.20. The summed E-state index contributed by atoms with van der Waals surface area (Å²) < 4.78 is 43.4. The molecule has 3 nitrogen and oxygen atoms in total. The van der Waals surface area contributed by atoms with Crippen molar-refractivity contribution in [3.05, 3.63) is 53.0 Å². The average molecular weight is 294 g/mol. The highest BCUT2D eigenvalue weighted by Crippen LogP contribution is 2.32. The number of halogens is 3. The Morgan fingerprint density at radius 2 is 1.95 bits per heavy atom. The van der Waals surface area contributed by atoms with E-state index in [1.54, 1.807) is 24.1 Å². The molecule has 0 amide bonds. The second-order valence-corrected chi connectivity index (χ2v) is 4.71. The Kier molecular flexibility index (Phi) is 3.94. The molecular formula is C15H13F3N2O. The molecule has 110 valence electrons. The molecule has 2 aromatic rings. The number of nitrogens with zero attached hydrogens (tertiary/aromatic N) is 2. The topological polar surface area (TPSA) is 40.2 Å². The van der Waals surface area contributed by atoms with Crippen LogP contribution in [-0.4, -0.2) is 7.05 Å². The van der Waals surface area contributed by atoms with Gasteiger partial charge in [0.25, 0.3) is 0 Å². The van der Waals surface area contributed by atoms with Gasteiger partial charge in [-0.2, -0.15) is 18.4 Å². The molecule has 0 unspecified atom stereocenters. The lowest BCUT2D eigenvalue weighted by Crippen LogP contribution is -2.18. The van der Waals surface area contributed by atoms with Gasteiger partial charge in [-0.05, 0) is 37.3 Å². The third-order valence-corrected chi connectivity index (χ3v) is 3.04. The molecule has 0 saturated carbocycles. The minimum Gasteiger partial charge on any atom is -0.464 e. The molecule has 2 rings (SSSR count). The Hall–Kier alpha value is -2.42. The maximum atomic E-state index is 12.6. The SMILES string of the molecule is Cc1ccc(CN(C)c2ccc(C(F)(F)F)cc2C#N)o1. The number of aryl methyl sites for hydroxylation is 1. The quantitative estimate of drug-likeness (QED) is 0.855. The number of hydrogen-bond donors (Lipinski definition) is 0. The predicted octanol–water partition coefficient (Wildman–Crippen LogP) is 4.11. The number of rotatable bonds is 3. The molecule has 0 fully saturated rings. The van der Waals surface area contributed by atoms with Crippen molar-refractivity contribution in [3.8, 4) is 6.07 Å². The summed E-state index contributed by atoms with van der Waals surface area (Å²) >= 11 is 0. The maximum Gasteiger partial charge on any atom is 0.416 e. The predicted molar refractivity (Wildman–Crippen MR) is 71.7 cm³/mol. The first-order valence-corrected chi connectivity index (χ1v) is 6.19. The van der Waals surface area contributed by atoms with Gasteiger partial charge in [-0.3, -0.25) is 0 Å². The molecule has 0 spiro atoms. The Morgan fingerprint density at radius 3 is 2.48 bits per heavy atom. The third-order valence-electron chi connectivity index (χ3n) is 3.04. The first kappa shape index (κ1) is 15.0. The molecular weight excluding hydrogens is 281 g/mol. The van der Waals surface area contributed by atoms with Gasteiger partial charge in [-0.25, -0.2) is 0 Å². The van der Waals surface area contributed by atoms with E-state index in [9.17, 15) is 13.2 Å². The zero-order chi connectivity index (χ0) is 15.6. The summed E-state index contributed by atoms with van der Waals surface area (Å²) in [6, 6.07) is 8.54. The fourth-order valence-corrected chi connectivity index (χ4v) is 2.02. The zero-order valence-electron chi connectivity index (χ0n) is 11.5. The minimum atomic E-state index is -4.46. The van der Waals surface area contributed by atoms with Gasteiger partial charge in [0.15, 0.2) is 0 Å². The summed E-state index contributed by atoms with van der Waals surface area (Å²) in [5.41, 5.74) is -0.416. The average Bonchev–Trinajstić information content (AvgIpc) is 2.82. The highest BCUT2D eigenvalue weighted by Gasteiger charge is 2.31. The van der Waals surface area contributed by atoms with Crippen LogP contribution in [0.25, 0.3) is 0 Å². The van der Waals surface area contributed by atoms with Crippen molar-refractivity contribution in [1.29, 1.82) is 5.26 Å². The van der Waals surface area contributed by atoms with Crippen LogP contribution in [0.3, 0.4) is 0 Å². The molecule has 21 heavy (non-hydrogen) atoms. The van der Waals surface area contributed by atoms with Crippen LogP contribution in [0.15, 0.2) is 34.7 Å². The summed E-state index contributed by atoms with van der Waals surface area (Å²) in [5, 5.41) is 9.06. The van der Waals surface area contributed by atoms with Gasteiger partial charge in [-0.15, -0.1) is 0 Å². The van der Waals surface area contributed by atoms with Gasteiger partial charge < -0.3 is 9.32 Å². The third kappa shape index (κ3) is 3.37. The van der Waals surface area contributed by atoms with Crippen LogP contribution < -0.4 is 4.90 Å². The summed E-state index contributed by atoms with van der Waals surface area (Å²) in [4.78, 5) is 1.68. The number of nitriles is 1. The number of anilines is 1. The van der Waals surface area contributed by atoms with Gasteiger partial charge in [0, 0.05) is 7.05 Å². The van der Waals surface area contributed by atoms with Gasteiger partial charge in [0.1, 0.15) is 17.6 Å². The van der Waals surface area contributed by atoms with E-state index < -0.39 is 11.7 Å². The molecule has 0 aliphatic carbocycles. The van der Waals surface area contributed by atoms with Crippen molar-refractivity contribution in [2.75, 3.05) is 11.9 Å².